The van der Waals surface area contributed by atoms with Crippen molar-refractivity contribution in [3.05, 3.63) is 52.8 Å². The number of rotatable bonds is 4. The van der Waals surface area contributed by atoms with E-state index < -0.39 is 11.0 Å². The summed E-state index contributed by atoms with van der Waals surface area (Å²) >= 11 is 0. The molecule has 9 heteroatoms. The monoisotopic (exact) mass is 327 g/mol. The number of carbonyl (C=O) groups excluding carboxylic acids is 1. The number of aromatic amines is 1. The zero-order valence-corrected chi connectivity index (χ0v) is 12.6. The first kappa shape index (κ1) is 15.3. The summed E-state index contributed by atoms with van der Waals surface area (Å²) in [5, 5.41) is 16.0. The number of anilines is 2. The number of hydrogen-bond acceptors (Lipinski definition) is 5. The molecule has 9 nitrogen and oxygen atoms in total. The fourth-order valence-corrected chi connectivity index (χ4v) is 2.21. The Morgan fingerprint density at radius 3 is 2.83 bits per heavy atom. The summed E-state index contributed by atoms with van der Waals surface area (Å²) in [5.74, 6) is 0.319. The van der Waals surface area contributed by atoms with E-state index in [1.807, 2.05) is 0 Å². The van der Waals surface area contributed by atoms with Crippen molar-refractivity contribution >= 4 is 34.1 Å². The molecule has 3 N–H and O–H groups in total. The Bertz CT molecular complexity index is 921. The number of nitro groups is 1. The summed E-state index contributed by atoms with van der Waals surface area (Å²) in [6.07, 6.45) is 1.56. The van der Waals surface area contributed by atoms with E-state index >= 15 is 0 Å². The Hall–Kier alpha value is -3.62. The Labute approximate surface area is 135 Å². The molecule has 1 aromatic heterocycles. The molecule has 0 radical (unpaired) electrons. The maximum absolute atomic E-state index is 12.1. The van der Waals surface area contributed by atoms with Gasteiger partial charge < -0.3 is 20.4 Å². The molecule has 0 bridgehead atoms. The van der Waals surface area contributed by atoms with Gasteiger partial charge in [-0.15, -0.1) is 0 Å². The number of fused-ring (bicyclic) bond motifs is 1. The minimum Gasteiger partial charge on any atom is -0.495 e. The van der Waals surface area contributed by atoms with Gasteiger partial charge in [-0.25, -0.2) is 9.78 Å². The first-order valence-electron chi connectivity index (χ1n) is 6.90. The third-order valence-electron chi connectivity index (χ3n) is 3.32. The largest absolute Gasteiger partial charge is 0.495 e. The van der Waals surface area contributed by atoms with Gasteiger partial charge in [0.05, 0.1) is 35.1 Å². The number of non-ortho nitro benzene ring substituents is 1. The van der Waals surface area contributed by atoms with Crippen LogP contribution in [0.3, 0.4) is 0 Å². The first-order chi connectivity index (χ1) is 11.6. The molecule has 0 aliphatic heterocycles. The van der Waals surface area contributed by atoms with E-state index in [-0.39, 0.29) is 11.4 Å². The van der Waals surface area contributed by atoms with Crippen LogP contribution < -0.4 is 15.4 Å². The van der Waals surface area contributed by atoms with Gasteiger partial charge in [0.2, 0.25) is 0 Å². The summed E-state index contributed by atoms with van der Waals surface area (Å²) < 4.78 is 5.10. The molecule has 0 saturated carbocycles. The average molecular weight is 327 g/mol. The number of benzene rings is 2. The Balaban J connectivity index is 1.78. The van der Waals surface area contributed by atoms with Crippen LogP contribution in [0.2, 0.25) is 0 Å². The zero-order valence-electron chi connectivity index (χ0n) is 12.6. The molecule has 24 heavy (non-hydrogen) atoms. The smallest absolute Gasteiger partial charge is 0.323 e. The highest BCUT2D eigenvalue weighted by Crippen LogP contribution is 2.29. The molecule has 122 valence electrons. The molecule has 3 rings (SSSR count). The van der Waals surface area contributed by atoms with Crippen molar-refractivity contribution in [2.45, 2.75) is 0 Å². The van der Waals surface area contributed by atoms with Crippen LogP contribution in [-0.2, 0) is 0 Å². The second-order valence-corrected chi connectivity index (χ2v) is 4.86. The number of carbonyl (C=O) groups is 1. The number of imidazole rings is 1. The topological polar surface area (TPSA) is 122 Å². The van der Waals surface area contributed by atoms with E-state index in [0.29, 0.717) is 11.4 Å². The second-order valence-electron chi connectivity index (χ2n) is 4.86. The average Bonchev–Trinajstić information content (AvgIpc) is 3.02. The molecule has 2 amide bonds. The van der Waals surface area contributed by atoms with Gasteiger partial charge in [-0.3, -0.25) is 10.1 Å². The minimum atomic E-state index is -0.548. The number of nitrogens with zero attached hydrogens (tertiary/aromatic N) is 2. The summed E-state index contributed by atoms with van der Waals surface area (Å²) in [4.78, 5) is 29.5. The molecule has 0 unspecified atom stereocenters. The molecule has 0 aliphatic carbocycles. The molecule has 0 atom stereocenters. The lowest BCUT2D eigenvalue weighted by Gasteiger charge is -2.11. The van der Waals surface area contributed by atoms with E-state index in [1.54, 1.807) is 24.5 Å². The van der Waals surface area contributed by atoms with Crippen molar-refractivity contribution in [3.8, 4) is 5.75 Å². The third-order valence-corrected chi connectivity index (χ3v) is 3.32. The fraction of sp³-hybridized carbons (Fsp3) is 0.0667. The number of aromatic nitrogens is 2. The van der Waals surface area contributed by atoms with E-state index in [1.165, 1.54) is 25.3 Å². The van der Waals surface area contributed by atoms with E-state index in [9.17, 15) is 14.9 Å². The minimum absolute atomic E-state index is 0.148. The number of amides is 2. The molecular formula is C15H13N5O4. The van der Waals surface area contributed by atoms with Crippen LogP contribution in [0.5, 0.6) is 5.75 Å². The summed E-state index contributed by atoms with van der Waals surface area (Å²) in [5.41, 5.74) is 2.16. The van der Waals surface area contributed by atoms with Crippen molar-refractivity contribution in [3.63, 3.8) is 0 Å². The fourth-order valence-electron chi connectivity index (χ4n) is 2.21. The van der Waals surface area contributed by atoms with Gasteiger partial charge in [-0.05, 0) is 24.3 Å². The van der Waals surface area contributed by atoms with E-state index in [2.05, 4.69) is 20.6 Å². The summed E-state index contributed by atoms with van der Waals surface area (Å²) in [6.45, 7) is 0. The van der Waals surface area contributed by atoms with Gasteiger partial charge in [0, 0.05) is 17.8 Å². The molecule has 0 aliphatic rings. The third kappa shape index (κ3) is 3.09. The predicted octanol–water partition coefficient (Wildman–Crippen LogP) is 3.12. The van der Waals surface area contributed by atoms with Crippen molar-refractivity contribution in [2.75, 3.05) is 17.7 Å². The van der Waals surface area contributed by atoms with Gasteiger partial charge in [0.15, 0.2) is 0 Å². The molecule has 1 heterocycles. The SMILES string of the molecule is COc1ccc([N+](=O)[O-])cc1NC(=O)Nc1ccc2nc[nH]c2c1. The molecular weight excluding hydrogens is 314 g/mol. The van der Waals surface area contributed by atoms with Crippen molar-refractivity contribution in [1.82, 2.24) is 9.97 Å². The van der Waals surface area contributed by atoms with Gasteiger partial charge >= 0.3 is 6.03 Å². The lowest BCUT2D eigenvalue weighted by Crippen LogP contribution is -2.19. The van der Waals surface area contributed by atoms with Gasteiger partial charge in [0.1, 0.15) is 5.75 Å². The normalized spacial score (nSPS) is 10.4. The maximum Gasteiger partial charge on any atom is 0.323 e. The summed E-state index contributed by atoms with van der Waals surface area (Å²) in [6, 6.07) is 8.59. The Morgan fingerprint density at radius 1 is 1.25 bits per heavy atom. The molecule has 0 fully saturated rings. The van der Waals surface area contributed by atoms with Crippen LogP contribution in [0.1, 0.15) is 0 Å². The Morgan fingerprint density at radius 2 is 2.08 bits per heavy atom. The highest BCUT2D eigenvalue weighted by atomic mass is 16.6. The summed E-state index contributed by atoms with van der Waals surface area (Å²) in [7, 11) is 1.41. The van der Waals surface area contributed by atoms with Crippen LogP contribution in [0.15, 0.2) is 42.7 Å². The van der Waals surface area contributed by atoms with Crippen molar-refractivity contribution < 1.29 is 14.5 Å². The van der Waals surface area contributed by atoms with E-state index in [0.717, 1.165) is 11.0 Å². The zero-order chi connectivity index (χ0) is 17.1. The standard InChI is InChI=1S/C15H13N5O4/c1-24-14-5-3-10(20(22)23)7-13(14)19-15(21)18-9-2-4-11-12(6-9)17-8-16-11/h2-8H,1H3,(H,16,17)(H2,18,19,21). The van der Waals surface area contributed by atoms with Gasteiger partial charge in [-0.2, -0.15) is 0 Å². The molecule has 0 spiro atoms. The van der Waals surface area contributed by atoms with Crippen molar-refractivity contribution in [2.24, 2.45) is 0 Å². The van der Waals surface area contributed by atoms with Crippen LogP contribution in [0.4, 0.5) is 21.9 Å². The maximum atomic E-state index is 12.1. The lowest BCUT2D eigenvalue weighted by atomic mass is 10.2. The predicted molar refractivity (Wildman–Crippen MR) is 88.4 cm³/mol. The highest BCUT2D eigenvalue weighted by molar-refractivity contribution is 6.01. The van der Waals surface area contributed by atoms with Crippen LogP contribution >= 0.6 is 0 Å². The van der Waals surface area contributed by atoms with Gasteiger partial charge in [0.25, 0.3) is 5.69 Å². The first-order valence-corrected chi connectivity index (χ1v) is 6.90. The highest BCUT2D eigenvalue weighted by Gasteiger charge is 2.14. The van der Waals surface area contributed by atoms with E-state index in [4.69, 9.17) is 4.74 Å². The number of methoxy groups -OCH3 is 1. The van der Waals surface area contributed by atoms with Gasteiger partial charge in [-0.1, -0.05) is 0 Å². The number of nitro benzene ring substituents is 1. The number of hydrogen-bond donors (Lipinski definition) is 3. The number of urea groups is 1. The quantitative estimate of drug-likeness (QED) is 0.502. The molecule has 3 aromatic rings. The van der Waals surface area contributed by atoms with Crippen LogP contribution in [-0.4, -0.2) is 28.0 Å². The molecule has 0 saturated heterocycles. The second kappa shape index (κ2) is 6.24. The number of ether oxygens (including phenoxy) is 1. The molecule has 2 aromatic carbocycles. The Kier molecular flexibility index (Phi) is 3.98. The number of H-pyrrole nitrogens is 1. The number of nitrogens with one attached hydrogen (secondary N) is 3. The van der Waals surface area contributed by atoms with Crippen molar-refractivity contribution in [1.29, 1.82) is 0 Å². The van der Waals surface area contributed by atoms with Crippen LogP contribution in [0.25, 0.3) is 11.0 Å². The van der Waals surface area contributed by atoms with Crippen LogP contribution in [0, 0.1) is 10.1 Å². The lowest BCUT2D eigenvalue weighted by molar-refractivity contribution is -0.384.